The van der Waals surface area contributed by atoms with Crippen molar-refractivity contribution in [3.63, 3.8) is 0 Å². The number of halogens is 3. The fourth-order valence-corrected chi connectivity index (χ4v) is 2.19. The van der Waals surface area contributed by atoms with Gasteiger partial charge in [0.2, 0.25) is 11.8 Å². The summed E-state index contributed by atoms with van der Waals surface area (Å²) >= 11 is 0. The Balaban J connectivity index is 2.09. The smallest absolute Gasteiger partial charge is 0.422 e. The van der Waals surface area contributed by atoms with Gasteiger partial charge < -0.3 is 19.9 Å². The molecule has 2 rings (SSSR count). The quantitative estimate of drug-likeness (QED) is 0.735. The lowest BCUT2D eigenvalue weighted by molar-refractivity contribution is -0.154. The Kier molecular flexibility index (Phi) is 6.39. The standard InChI is InChI=1S/C17H16F3N3O5/c1-9-5-11(6-12(22-9)16(25)26)14(24)21-7-10-3-4-13(23-15(10)27-2)28-8-17(18,19)20/h3-6H,7-8H2,1-2H3,(H,21,24)(H,25,26). The summed E-state index contributed by atoms with van der Waals surface area (Å²) in [6.07, 6.45) is -4.50. The summed E-state index contributed by atoms with van der Waals surface area (Å²) in [5.41, 5.74) is 0.576. The minimum absolute atomic E-state index is 0.0166. The van der Waals surface area contributed by atoms with E-state index in [-0.39, 0.29) is 29.6 Å². The highest BCUT2D eigenvalue weighted by Crippen LogP contribution is 2.22. The first-order valence-electron chi connectivity index (χ1n) is 7.82. The molecule has 1 amide bonds. The van der Waals surface area contributed by atoms with Gasteiger partial charge in [-0.1, -0.05) is 0 Å². The summed E-state index contributed by atoms with van der Waals surface area (Å²) < 4.78 is 46.2. The molecular formula is C17H16F3N3O5. The molecule has 2 N–H and O–H groups in total. The third kappa shape index (κ3) is 5.83. The number of aromatic carboxylic acids is 1. The number of carboxylic acids is 1. The zero-order valence-corrected chi connectivity index (χ0v) is 14.8. The molecule has 2 aromatic heterocycles. The number of carbonyl (C=O) groups excluding carboxylic acids is 1. The highest BCUT2D eigenvalue weighted by Gasteiger charge is 2.28. The summed E-state index contributed by atoms with van der Waals surface area (Å²) in [6.45, 7) is 0.000709. The van der Waals surface area contributed by atoms with Crippen molar-refractivity contribution in [2.45, 2.75) is 19.6 Å². The number of ether oxygens (including phenoxy) is 2. The lowest BCUT2D eigenvalue weighted by atomic mass is 10.1. The number of hydrogen-bond acceptors (Lipinski definition) is 6. The fraction of sp³-hybridized carbons (Fsp3) is 0.294. The van der Waals surface area contributed by atoms with E-state index < -0.39 is 24.7 Å². The molecule has 0 aliphatic rings. The van der Waals surface area contributed by atoms with E-state index in [1.165, 1.54) is 25.3 Å². The number of alkyl halides is 3. The lowest BCUT2D eigenvalue weighted by Crippen LogP contribution is -2.24. The highest BCUT2D eigenvalue weighted by molar-refractivity contribution is 5.96. The van der Waals surface area contributed by atoms with Crippen LogP contribution in [0.5, 0.6) is 11.8 Å². The number of rotatable bonds is 7. The largest absolute Gasteiger partial charge is 0.481 e. The van der Waals surface area contributed by atoms with Crippen LogP contribution in [0.1, 0.15) is 32.1 Å². The molecule has 0 aliphatic heterocycles. The van der Waals surface area contributed by atoms with E-state index in [1.54, 1.807) is 6.92 Å². The van der Waals surface area contributed by atoms with Crippen LogP contribution in [-0.2, 0) is 6.54 Å². The zero-order valence-electron chi connectivity index (χ0n) is 14.8. The molecule has 8 nitrogen and oxygen atoms in total. The molecule has 0 saturated carbocycles. The van der Waals surface area contributed by atoms with E-state index >= 15 is 0 Å². The molecule has 0 unspecified atom stereocenters. The van der Waals surface area contributed by atoms with Gasteiger partial charge in [0.15, 0.2) is 6.61 Å². The van der Waals surface area contributed by atoms with Crippen LogP contribution in [0.3, 0.4) is 0 Å². The minimum atomic E-state index is -4.50. The van der Waals surface area contributed by atoms with Gasteiger partial charge in [-0.25, -0.2) is 9.78 Å². The van der Waals surface area contributed by atoms with Gasteiger partial charge in [0.05, 0.1) is 7.11 Å². The third-order valence-corrected chi connectivity index (χ3v) is 3.36. The summed E-state index contributed by atoms with van der Waals surface area (Å²) in [4.78, 5) is 30.9. The number of aryl methyl sites for hydroxylation is 1. The van der Waals surface area contributed by atoms with Crippen molar-refractivity contribution in [2.24, 2.45) is 0 Å². The number of nitrogens with zero attached hydrogens (tertiary/aromatic N) is 2. The van der Waals surface area contributed by atoms with Gasteiger partial charge in [-0.3, -0.25) is 4.79 Å². The molecule has 0 saturated heterocycles. The molecule has 0 fully saturated rings. The maximum absolute atomic E-state index is 12.3. The zero-order chi connectivity index (χ0) is 20.9. The molecule has 2 aromatic rings. The number of carboxylic acid groups (broad SMARTS) is 1. The van der Waals surface area contributed by atoms with Crippen molar-refractivity contribution in [1.82, 2.24) is 15.3 Å². The van der Waals surface area contributed by atoms with Crippen LogP contribution in [0.2, 0.25) is 0 Å². The first kappa shape index (κ1) is 20.9. The van der Waals surface area contributed by atoms with E-state index in [1.807, 2.05) is 0 Å². The van der Waals surface area contributed by atoms with E-state index in [4.69, 9.17) is 9.84 Å². The molecule has 0 bridgehead atoms. The number of hydrogen-bond donors (Lipinski definition) is 2. The Hall–Kier alpha value is -3.37. The molecule has 0 atom stereocenters. The minimum Gasteiger partial charge on any atom is -0.481 e. The second-order valence-corrected chi connectivity index (χ2v) is 5.59. The van der Waals surface area contributed by atoms with E-state index in [0.717, 1.165) is 6.07 Å². The Morgan fingerprint density at radius 2 is 1.93 bits per heavy atom. The van der Waals surface area contributed by atoms with Crippen LogP contribution in [0, 0.1) is 6.92 Å². The number of aromatic nitrogens is 2. The predicted molar refractivity (Wildman–Crippen MR) is 89.4 cm³/mol. The van der Waals surface area contributed by atoms with Gasteiger partial charge in [0, 0.05) is 29.4 Å². The van der Waals surface area contributed by atoms with Crippen LogP contribution in [0.15, 0.2) is 24.3 Å². The molecule has 11 heteroatoms. The van der Waals surface area contributed by atoms with Crippen molar-refractivity contribution in [2.75, 3.05) is 13.7 Å². The van der Waals surface area contributed by atoms with Gasteiger partial charge in [0.1, 0.15) is 5.69 Å². The molecule has 0 spiro atoms. The number of amides is 1. The fourth-order valence-electron chi connectivity index (χ4n) is 2.19. The molecule has 2 heterocycles. The van der Waals surface area contributed by atoms with E-state index in [9.17, 15) is 22.8 Å². The maximum atomic E-state index is 12.3. The normalized spacial score (nSPS) is 11.0. The maximum Gasteiger partial charge on any atom is 0.422 e. The summed E-state index contributed by atoms with van der Waals surface area (Å²) in [5.74, 6) is -2.12. The number of pyridine rings is 2. The first-order chi connectivity index (χ1) is 13.1. The molecular weight excluding hydrogens is 383 g/mol. The summed E-state index contributed by atoms with van der Waals surface area (Å²) in [6, 6.07) is 5.17. The number of nitrogens with one attached hydrogen (secondary N) is 1. The van der Waals surface area contributed by atoms with Crippen molar-refractivity contribution >= 4 is 11.9 Å². The third-order valence-electron chi connectivity index (χ3n) is 3.36. The van der Waals surface area contributed by atoms with Crippen molar-refractivity contribution in [1.29, 1.82) is 0 Å². The second kappa shape index (κ2) is 8.55. The van der Waals surface area contributed by atoms with Crippen LogP contribution in [-0.4, -0.2) is 46.8 Å². The molecule has 28 heavy (non-hydrogen) atoms. The lowest BCUT2D eigenvalue weighted by Gasteiger charge is -2.12. The monoisotopic (exact) mass is 399 g/mol. The van der Waals surface area contributed by atoms with Crippen molar-refractivity contribution < 1.29 is 37.3 Å². The molecule has 0 aromatic carbocycles. The van der Waals surface area contributed by atoms with Gasteiger partial charge in [-0.05, 0) is 25.1 Å². The number of carbonyl (C=O) groups is 2. The van der Waals surface area contributed by atoms with E-state index in [0.29, 0.717) is 11.3 Å². The average molecular weight is 399 g/mol. The van der Waals surface area contributed by atoms with Gasteiger partial charge in [0.25, 0.3) is 5.91 Å². The van der Waals surface area contributed by atoms with Crippen LogP contribution < -0.4 is 14.8 Å². The number of methoxy groups -OCH3 is 1. The highest BCUT2D eigenvalue weighted by atomic mass is 19.4. The van der Waals surface area contributed by atoms with Gasteiger partial charge in [-0.2, -0.15) is 18.2 Å². The Labute approximate surface area is 157 Å². The Morgan fingerprint density at radius 3 is 2.54 bits per heavy atom. The summed E-state index contributed by atoms with van der Waals surface area (Å²) in [5, 5.41) is 11.6. The van der Waals surface area contributed by atoms with Gasteiger partial charge in [-0.15, -0.1) is 0 Å². The van der Waals surface area contributed by atoms with Crippen LogP contribution >= 0.6 is 0 Å². The molecule has 0 radical (unpaired) electrons. The average Bonchev–Trinajstić information content (AvgIpc) is 2.63. The van der Waals surface area contributed by atoms with Crippen LogP contribution in [0.25, 0.3) is 0 Å². The van der Waals surface area contributed by atoms with Crippen molar-refractivity contribution in [3.05, 3.63) is 46.8 Å². The first-order valence-corrected chi connectivity index (χ1v) is 7.82. The van der Waals surface area contributed by atoms with E-state index in [2.05, 4.69) is 20.0 Å². The Bertz CT molecular complexity index is 887. The molecule has 150 valence electrons. The summed E-state index contributed by atoms with van der Waals surface area (Å²) in [7, 11) is 1.27. The molecule has 0 aliphatic carbocycles. The van der Waals surface area contributed by atoms with Crippen molar-refractivity contribution in [3.8, 4) is 11.8 Å². The second-order valence-electron chi connectivity index (χ2n) is 5.59. The topological polar surface area (TPSA) is 111 Å². The SMILES string of the molecule is COc1nc(OCC(F)(F)F)ccc1CNC(=O)c1cc(C)nc(C(=O)O)c1. The van der Waals surface area contributed by atoms with Crippen LogP contribution in [0.4, 0.5) is 13.2 Å². The predicted octanol–water partition coefficient (Wildman–Crippen LogP) is 2.36. The Morgan fingerprint density at radius 1 is 1.21 bits per heavy atom. The van der Waals surface area contributed by atoms with Gasteiger partial charge >= 0.3 is 12.1 Å².